The number of para-hydroxylation sites is 1. The molecule has 2 aromatic heterocycles. The van der Waals surface area contributed by atoms with Gasteiger partial charge in [-0.3, -0.25) is 0 Å². The van der Waals surface area contributed by atoms with Gasteiger partial charge in [-0.05, 0) is 170 Å². The molecule has 0 fully saturated rings. The van der Waals surface area contributed by atoms with Crippen LogP contribution in [-0.2, 0) is 17.3 Å². The van der Waals surface area contributed by atoms with E-state index in [0.717, 1.165) is 124 Å². The molecule has 534 valence electrons. The lowest BCUT2D eigenvalue weighted by Gasteiger charge is -2.39. The fourth-order valence-corrected chi connectivity index (χ4v) is 19.3. The molecule has 19 aromatic rings. The Bertz CT molecular complexity index is 7280. The molecule has 0 unspecified atom stereocenters. The zero-order valence-electron chi connectivity index (χ0n) is 62.0. The molecule has 24 rings (SSSR count). The third-order valence-electron chi connectivity index (χ3n) is 24.5. The van der Waals surface area contributed by atoms with Crippen LogP contribution in [0.15, 0.2) is 370 Å². The highest BCUT2D eigenvalue weighted by atomic mass is 16.5. The number of aromatic nitrogens is 6. The van der Waals surface area contributed by atoms with Gasteiger partial charge in [-0.25, -0.2) is 29.9 Å². The highest BCUT2D eigenvalue weighted by Crippen LogP contribution is 2.65. The Morgan fingerprint density at radius 2 is 0.574 bits per heavy atom. The van der Waals surface area contributed by atoms with Crippen molar-refractivity contribution in [3.05, 3.63) is 426 Å². The van der Waals surface area contributed by atoms with Crippen LogP contribution in [0.5, 0.6) is 23.0 Å². The van der Waals surface area contributed by atoms with E-state index in [1.807, 2.05) is 18.2 Å². The van der Waals surface area contributed by atoms with Crippen LogP contribution in [0.3, 0.4) is 0 Å². The predicted octanol–water partition coefficient (Wildman–Crippen LogP) is 26.0. The fraction of sp³-hybridized carbons (Fsp3) is 0.0280. The lowest BCUT2D eigenvalue weighted by atomic mass is 9.65. The third-order valence-corrected chi connectivity index (χ3v) is 24.5. The van der Waals surface area contributed by atoms with Crippen molar-refractivity contribution in [2.75, 3.05) is 0 Å². The molecule has 2 aliphatic heterocycles. The average molecular weight is 1470 g/mol. The highest BCUT2D eigenvalue weighted by molar-refractivity contribution is 6.08. The van der Waals surface area contributed by atoms with Gasteiger partial charge in [0, 0.05) is 55.6 Å². The molecule has 0 amide bonds. The second-order valence-electron chi connectivity index (χ2n) is 30.6. The summed E-state index contributed by atoms with van der Waals surface area (Å²) in [5.74, 6) is 6.86. The lowest BCUT2D eigenvalue weighted by Crippen LogP contribution is -2.32. The van der Waals surface area contributed by atoms with E-state index in [2.05, 4.69) is 358 Å². The summed E-state index contributed by atoms with van der Waals surface area (Å²) in [6.07, 6.45) is 5.38. The van der Waals surface area contributed by atoms with Crippen molar-refractivity contribution in [1.29, 1.82) is 0 Å². The van der Waals surface area contributed by atoms with Gasteiger partial charge in [0.1, 0.15) is 23.0 Å². The highest BCUT2D eigenvalue weighted by Gasteiger charge is 2.53. The van der Waals surface area contributed by atoms with Gasteiger partial charge in [0.25, 0.3) is 0 Å². The molecule has 8 nitrogen and oxygen atoms in total. The second-order valence-corrected chi connectivity index (χ2v) is 30.6. The van der Waals surface area contributed by atoms with E-state index < -0.39 is 10.8 Å². The van der Waals surface area contributed by atoms with Crippen LogP contribution in [0.1, 0.15) is 55.6 Å². The molecule has 0 bridgehead atoms. The first kappa shape index (κ1) is 64.7. The number of ether oxygens (including phenoxy) is 2. The second kappa shape index (κ2) is 25.2. The first-order valence-corrected chi connectivity index (χ1v) is 39.2. The number of hydrogen-bond donors (Lipinski definition) is 0. The van der Waals surface area contributed by atoms with Crippen LogP contribution in [0.2, 0.25) is 0 Å². The Morgan fingerprint density at radius 3 is 1.09 bits per heavy atom. The first-order valence-electron chi connectivity index (χ1n) is 39.2. The number of nitrogens with zero attached hydrogens (tertiary/aromatic N) is 6. The molecule has 4 heterocycles. The van der Waals surface area contributed by atoms with Crippen LogP contribution < -0.4 is 9.47 Å². The molecule has 0 N–H and O–H groups in total. The summed E-state index contributed by atoms with van der Waals surface area (Å²) in [4.78, 5) is 31.5. The maximum atomic E-state index is 7.37. The smallest absolute Gasteiger partial charge is 0.164 e. The Labute approximate surface area is 663 Å². The minimum absolute atomic E-state index is 0.540. The van der Waals surface area contributed by atoms with Gasteiger partial charge >= 0.3 is 0 Å². The summed E-state index contributed by atoms with van der Waals surface area (Å²) < 4.78 is 14.3. The summed E-state index contributed by atoms with van der Waals surface area (Å²) in [5.41, 5.74) is 27.2. The van der Waals surface area contributed by atoms with E-state index in [1.165, 1.54) is 82.6 Å². The molecule has 0 saturated heterocycles. The summed E-state index contributed by atoms with van der Waals surface area (Å²) >= 11 is 0. The zero-order valence-corrected chi connectivity index (χ0v) is 62.0. The molecule has 8 heteroatoms. The van der Waals surface area contributed by atoms with Crippen LogP contribution in [0.25, 0.3) is 162 Å². The van der Waals surface area contributed by atoms with Gasteiger partial charge < -0.3 is 9.47 Å². The van der Waals surface area contributed by atoms with Crippen molar-refractivity contribution in [2.45, 2.75) is 17.3 Å². The van der Waals surface area contributed by atoms with Crippen LogP contribution in [0.4, 0.5) is 0 Å². The Balaban J connectivity index is 0.579. The molecular formula is C107H64N6O2. The summed E-state index contributed by atoms with van der Waals surface area (Å²) in [7, 11) is 0. The number of fused-ring (bicyclic) bond motifs is 21. The largest absolute Gasteiger partial charge is 0.457 e. The van der Waals surface area contributed by atoms with Gasteiger partial charge in [0.2, 0.25) is 0 Å². The molecule has 2 spiro atoms. The van der Waals surface area contributed by atoms with Crippen molar-refractivity contribution < 1.29 is 9.47 Å². The maximum absolute atomic E-state index is 7.37. The molecular weight excluding hydrogens is 1400 g/mol. The van der Waals surface area contributed by atoms with Gasteiger partial charge in [-0.1, -0.05) is 334 Å². The Kier molecular flexibility index (Phi) is 14.2. The first-order chi connectivity index (χ1) is 56.9. The lowest BCUT2D eigenvalue weighted by molar-refractivity contribution is 0.436. The summed E-state index contributed by atoms with van der Waals surface area (Å²) in [6.45, 7) is 0. The normalized spacial score (nSPS) is 13.6. The van der Waals surface area contributed by atoms with E-state index in [4.69, 9.17) is 39.4 Å². The minimum Gasteiger partial charge on any atom is -0.457 e. The van der Waals surface area contributed by atoms with Gasteiger partial charge in [-0.2, -0.15) is 0 Å². The zero-order chi connectivity index (χ0) is 75.5. The van der Waals surface area contributed by atoms with Crippen molar-refractivity contribution >= 4 is 38.4 Å². The minimum atomic E-state index is -0.674. The Hall–Kier alpha value is -15.1. The van der Waals surface area contributed by atoms with Crippen LogP contribution >= 0.6 is 0 Å². The molecule has 5 aliphatic rings. The fourth-order valence-electron chi connectivity index (χ4n) is 19.3. The molecule has 3 aliphatic carbocycles. The molecule has 115 heavy (non-hydrogen) atoms. The average Bonchev–Trinajstić information content (AvgIpc) is 1.52. The standard InChI is InChI=1S/C107H64N6O2/c1-2-19-69(20-3-1)100-108-103(113-105(112-100)80-59-77-23-16-21-68-22-17-24-78(60-80)99(68)77)72-47-40-66(41-48-72)75-53-57-94-98(63-75)115-97-62-74(52-56-93(97)107(94)89-32-12-8-28-85(89)86-29-9-13-33-90(86)107)65-38-45-71(46-39-65)102-109-101(110-104(111-102)79-50-54-82-76(58-79)49-42-67-18-4-5-25-81(67)82)70-43-36-64(37-44-70)73-51-55-92-96(61-73)114-95-35-15-14-34-91(95)106(92)87-30-10-6-26-83(87)84-27-7-11-31-88(84)106/h1-21,23-63H,22H2. The number of rotatable bonds is 9. The van der Waals surface area contributed by atoms with Crippen molar-refractivity contribution in [2.24, 2.45) is 0 Å². The van der Waals surface area contributed by atoms with E-state index in [1.54, 1.807) is 0 Å². The summed E-state index contributed by atoms with van der Waals surface area (Å²) in [5, 5.41) is 7.14. The molecule has 0 radical (unpaired) electrons. The van der Waals surface area contributed by atoms with Crippen molar-refractivity contribution in [1.82, 2.24) is 29.9 Å². The molecule has 0 saturated carbocycles. The summed E-state index contributed by atoms with van der Waals surface area (Å²) in [6, 6.07) is 131. The number of benzene rings is 17. The van der Waals surface area contributed by atoms with Gasteiger partial charge in [0.15, 0.2) is 34.9 Å². The SMILES string of the molecule is C1=Cc2cc(-c3nc(-c4ccccc4)nc(-c4ccc(-c5ccc6c(c5)Oc5cc(-c7ccc(-c8nc(-c9ccc(-c%10ccc%11c(c%10)Oc%10ccccc%10C%11%10c%11ccccc%11-c%11ccccc%11%10)cc9)nc(-c9ccc%10c(ccc%11ccccc%11%10)c9)n8)cc7)ccc5C65c6ccccc6-c6ccccc65)cc4)n3)cc3cccc(c23)C1. The number of allylic oxidation sites excluding steroid dienone is 1. The Morgan fingerprint density at radius 1 is 0.217 bits per heavy atom. The monoisotopic (exact) mass is 1460 g/mol. The van der Waals surface area contributed by atoms with Gasteiger partial charge in [0.05, 0.1) is 10.8 Å². The predicted molar refractivity (Wildman–Crippen MR) is 462 cm³/mol. The van der Waals surface area contributed by atoms with Crippen molar-refractivity contribution in [3.63, 3.8) is 0 Å². The van der Waals surface area contributed by atoms with Crippen LogP contribution in [-0.4, -0.2) is 29.9 Å². The maximum Gasteiger partial charge on any atom is 0.164 e. The molecule has 17 aromatic carbocycles. The van der Waals surface area contributed by atoms with Crippen molar-refractivity contribution in [3.8, 4) is 147 Å². The van der Waals surface area contributed by atoms with Gasteiger partial charge in [-0.15, -0.1) is 0 Å². The topological polar surface area (TPSA) is 95.8 Å². The number of hydrogen-bond acceptors (Lipinski definition) is 8. The quantitative estimate of drug-likeness (QED) is 0.132. The van der Waals surface area contributed by atoms with E-state index in [-0.39, 0.29) is 0 Å². The van der Waals surface area contributed by atoms with E-state index >= 15 is 0 Å². The van der Waals surface area contributed by atoms with E-state index in [9.17, 15) is 0 Å². The van der Waals surface area contributed by atoms with Crippen LogP contribution in [0, 0.1) is 0 Å². The molecule has 0 atom stereocenters. The third kappa shape index (κ3) is 9.92. The van der Waals surface area contributed by atoms with E-state index in [0.29, 0.717) is 34.9 Å².